The number of ether oxygens (including phenoxy) is 8. The molecule has 0 aromatic heterocycles. The number of aryl methyl sites for hydroxylation is 5. The fourth-order valence-corrected chi connectivity index (χ4v) is 19.7. The second-order valence-electron chi connectivity index (χ2n) is 31.8. The minimum Gasteiger partial charge on any atom is -0.493 e. The van der Waals surface area contributed by atoms with Crippen LogP contribution in [0.25, 0.3) is 89.0 Å². The average Bonchev–Trinajstić information content (AvgIpc) is 1.59. The van der Waals surface area contributed by atoms with Crippen LogP contribution >= 0.6 is 63.7 Å². The van der Waals surface area contributed by atoms with Crippen LogP contribution in [0.1, 0.15) is 111 Å². The summed E-state index contributed by atoms with van der Waals surface area (Å²) >= 11 is 14.9. The minimum atomic E-state index is -0.738. The number of benzene rings is 13. The Morgan fingerprint density at radius 3 is 0.724 bits per heavy atom. The molecule has 1 aliphatic heterocycles. The number of rotatable bonds is 13. The van der Waals surface area contributed by atoms with E-state index in [0.717, 1.165) is 56.9 Å². The molecular formula is C101H91BBr4O10. The Morgan fingerprint density at radius 2 is 0.474 bits per heavy atom. The molecule has 0 amide bonds. The topological polar surface area (TPSA) is 92.3 Å². The van der Waals surface area contributed by atoms with Crippen molar-refractivity contribution < 1.29 is 47.2 Å². The second kappa shape index (κ2) is 30.6. The van der Waals surface area contributed by atoms with Crippen LogP contribution in [0, 0.1) is 48.5 Å². The van der Waals surface area contributed by atoms with Gasteiger partial charge in [0.1, 0.15) is 0 Å². The van der Waals surface area contributed by atoms with E-state index in [1.165, 1.54) is 145 Å². The number of methoxy groups -OCH3 is 8. The van der Waals surface area contributed by atoms with E-state index in [2.05, 4.69) is 275 Å². The van der Waals surface area contributed by atoms with E-state index in [-0.39, 0.29) is 16.6 Å². The van der Waals surface area contributed by atoms with Gasteiger partial charge in [0.25, 0.3) is 0 Å². The number of hydrogen-bond donors (Lipinski definition) is 0. The van der Waals surface area contributed by atoms with Gasteiger partial charge >= 0.3 is 7.12 Å². The maximum Gasteiger partial charge on any atom is 0.494 e. The summed E-state index contributed by atoms with van der Waals surface area (Å²) in [7, 11) is 12.8. The summed E-state index contributed by atoms with van der Waals surface area (Å²) in [6.45, 7) is 23.4. The molecule has 0 bridgehead atoms. The highest BCUT2D eigenvalue weighted by Gasteiger charge is 2.55. The van der Waals surface area contributed by atoms with Crippen LogP contribution in [0.5, 0.6) is 46.0 Å². The molecule has 1 fully saturated rings. The highest BCUT2D eigenvalue weighted by Crippen LogP contribution is 2.67. The van der Waals surface area contributed by atoms with Crippen LogP contribution in [0.15, 0.2) is 224 Å². The highest BCUT2D eigenvalue weighted by molar-refractivity contribution is 9.11. The summed E-state index contributed by atoms with van der Waals surface area (Å²) in [4.78, 5) is 0. The third-order valence-corrected chi connectivity index (χ3v) is 27.1. The molecule has 10 nitrogen and oxygen atoms in total. The molecule has 13 aromatic rings. The third-order valence-electron chi connectivity index (χ3n) is 25.1. The Balaban J connectivity index is 0.000000166. The molecule has 4 aliphatic carbocycles. The third kappa shape index (κ3) is 12.9. The number of hydrogen-bond acceptors (Lipinski definition) is 10. The maximum absolute atomic E-state index is 6.06. The molecule has 5 aliphatic rings. The van der Waals surface area contributed by atoms with Crippen LogP contribution in [-0.2, 0) is 20.1 Å². The fraction of sp³-hybridized carbons (Fsp3) is 0.228. The van der Waals surface area contributed by atoms with E-state index >= 15 is 0 Å². The van der Waals surface area contributed by atoms with Crippen molar-refractivity contribution in [2.45, 2.75) is 98.2 Å². The van der Waals surface area contributed by atoms with E-state index in [1.807, 2.05) is 71.0 Å². The summed E-state index contributed by atoms with van der Waals surface area (Å²) in [5.74, 6) is 4.95. The molecule has 0 saturated carbocycles. The predicted octanol–water partition coefficient (Wildman–Crippen LogP) is 26.0. The SMILES string of the molecule is Brc1ccc2c(c1)C1(c3cc(Br)ccc3-2)c2cc(Br)ccc2-c2ccc(Br)cc21.COc1cc(-c2ccc3c(c2)C2(c4cc(-c5cc(C)c(C)c(C)c5)ccc4-3)c3cc(-c4cc(C)c(C)c(C)c4)ccc3-c3ccc(-c4cc(OC)c(OC)c(OC)c4)cc32)cc(OC)c1OC.COc1cc(B2OC(C)(C)C(C)(C)O2)cc(C)c1OC. The van der Waals surface area contributed by atoms with E-state index in [9.17, 15) is 0 Å². The zero-order valence-corrected chi connectivity index (χ0v) is 75.1. The van der Waals surface area contributed by atoms with Crippen molar-refractivity contribution >= 4 is 76.3 Å². The molecule has 586 valence electrons. The summed E-state index contributed by atoms with van der Waals surface area (Å²) < 4.78 is 62.4. The van der Waals surface area contributed by atoms with Gasteiger partial charge in [-0.25, -0.2) is 0 Å². The molecule has 0 radical (unpaired) electrons. The Kier molecular flexibility index (Phi) is 21.1. The first-order valence-corrected chi connectivity index (χ1v) is 41.9. The summed E-state index contributed by atoms with van der Waals surface area (Å²) in [6.07, 6.45) is 0. The Hall–Kier alpha value is -9.84. The molecule has 1 saturated heterocycles. The lowest BCUT2D eigenvalue weighted by molar-refractivity contribution is 0.00578. The van der Waals surface area contributed by atoms with E-state index in [1.54, 1.807) is 56.9 Å². The van der Waals surface area contributed by atoms with Gasteiger partial charge in [-0.15, -0.1) is 0 Å². The van der Waals surface area contributed by atoms with Crippen LogP contribution < -0.4 is 43.4 Å². The highest BCUT2D eigenvalue weighted by atomic mass is 79.9. The summed E-state index contributed by atoms with van der Waals surface area (Å²) in [5.41, 5.74) is 36.9. The van der Waals surface area contributed by atoms with Crippen molar-refractivity contribution in [3.05, 3.63) is 308 Å². The van der Waals surface area contributed by atoms with Crippen molar-refractivity contribution in [3.8, 4) is 135 Å². The zero-order valence-electron chi connectivity index (χ0n) is 68.8. The van der Waals surface area contributed by atoms with Gasteiger partial charge in [-0.1, -0.05) is 167 Å². The van der Waals surface area contributed by atoms with Gasteiger partial charge in [0.05, 0.1) is 78.9 Å². The average molecular weight is 1800 g/mol. The molecule has 2 spiro atoms. The van der Waals surface area contributed by atoms with Crippen molar-refractivity contribution in [2.75, 3.05) is 56.9 Å². The van der Waals surface area contributed by atoms with E-state index < -0.39 is 12.5 Å². The van der Waals surface area contributed by atoms with Gasteiger partial charge in [-0.05, 0) is 357 Å². The lowest BCUT2D eigenvalue weighted by Crippen LogP contribution is -2.41. The van der Waals surface area contributed by atoms with E-state index in [4.69, 9.17) is 47.2 Å². The smallest absolute Gasteiger partial charge is 0.493 e. The minimum absolute atomic E-state index is 0.337. The van der Waals surface area contributed by atoms with Gasteiger partial charge in [-0.2, -0.15) is 0 Å². The molecule has 18 rings (SSSR count). The lowest BCUT2D eigenvalue weighted by atomic mass is 9.69. The van der Waals surface area contributed by atoms with Crippen LogP contribution in [0.2, 0.25) is 0 Å². The first-order chi connectivity index (χ1) is 55.6. The van der Waals surface area contributed by atoms with Gasteiger partial charge in [0, 0.05) is 17.9 Å². The predicted molar refractivity (Wildman–Crippen MR) is 486 cm³/mol. The Labute approximate surface area is 715 Å². The van der Waals surface area contributed by atoms with Crippen LogP contribution in [0.3, 0.4) is 0 Å². The molecule has 13 aromatic carbocycles. The standard InChI is InChI=1S/C61H56O6.C25H12Br4.C15H23BO4/c1-33-21-43(22-34(2)37(33)5)39-13-17-47-49-19-15-41(45-29-55(62-7)59(66-11)56(30-45)63-8)27-53(49)61(51(47)25-39)52-26-40(44-23-35(3)38(6)36(4)24-44)14-18-48(52)50-20-16-42(28-54(50)61)46-31-57(64-9)60(67-12)58(32-46)65-10;26-13-1-5-17-18-6-2-14(27)10-22(18)25(21(17)9-13)23-11-15(28)3-7-19(23)20-8-4-16(29)12-24(20)25;1-10-8-11(9-12(17-6)13(10)18-7)16-19-14(2,3)15(4,5)20-16/h13-32H,1-12H3;1-12H;8-9H,1-7H3. The largest absolute Gasteiger partial charge is 0.494 e. The Bertz CT molecular complexity index is 5670. The van der Waals surface area contributed by atoms with Gasteiger partial charge in [0.15, 0.2) is 34.5 Å². The summed E-state index contributed by atoms with van der Waals surface area (Å²) in [6, 6.07) is 76.2. The monoisotopic (exact) mass is 1790 g/mol. The molecule has 116 heavy (non-hydrogen) atoms. The number of halogens is 4. The van der Waals surface area contributed by atoms with Gasteiger partial charge in [-0.3, -0.25) is 0 Å². The molecule has 0 N–H and O–H groups in total. The first kappa shape index (κ1) is 80.0. The second-order valence-corrected chi connectivity index (χ2v) is 35.4. The van der Waals surface area contributed by atoms with Crippen molar-refractivity contribution in [1.82, 2.24) is 0 Å². The maximum atomic E-state index is 6.06. The quantitative estimate of drug-likeness (QED) is 0.104. The van der Waals surface area contributed by atoms with Crippen LogP contribution in [0.4, 0.5) is 0 Å². The summed E-state index contributed by atoms with van der Waals surface area (Å²) in [5, 5.41) is 0. The Morgan fingerprint density at radius 1 is 0.241 bits per heavy atom. The molecule has 0 atom stereocenters. The molecular weight excluding hydrogens is 1700 g/mol. The van der Waals surface area contributed by atoms with Crippen molar-refractivity contribution in [1.29, 1.82) is 0 Å². The normalized spacial score (nSPS) is 14.4. The van der Waals surface area contributed by atoms with Crippen molar-refractivity contribution in [2.24, 2.45) is 0 Å². The van der Waals surface area contributed by atoms with Gasteiger partial charge < -0.3 is 47.2 Å². The van der Waals surface area contributed by atoms with Crippen molar-refractivity contribution in [3.63, 3.8) is 0 Å². The number of fused-ring (bicyclic) bond motifs is 20. The van der Waals surface area contributed by atoms with E-state index in [0.29, 0.717) is 40.2 Å². The van der Waals surface area contributed by atoms with Crippen LogP contribution in [-0.4, -0.2) is 75.2 Å². The lowest BCUT2D eigenvalue weighted by Gasteiger charge is -2.32. The first-order valence-electron chi connectivity index (χ1n) is 38.8. The molecule has 15 heteroatoms. The van der Waals surface area contributed by atoms with Gasteiger partial charge in [0.2, 0.25) is 11.5 Å². The zero-order chi connectivity index (χ0) is 82.1. The molecule has 1 heterocycles. The molecule has 0 unspecified atom stereocenters. The fourth-order valence-electron chi connectivity index (χ4n) is 18.3.